The van der Waals surface area contributed by atoms with E-state index in [1.807, 2.05) is 45.9 Å². The van der Waals surface area contributed by atoms with Gasteiger partial charge in [-0.15, -0.1) is 0 Å². The fraction of sp³-hybridized carbons (Fsp3) is 0.409. The van der Waals surface area contributed by atoms with Gasteiger partial charge in [0.15, 0.2) is 0 Å². The van der Waals surface area contributed by atoms with Crippen LogP contribution in [-0.2, 0) is 9.53 Å². The van der Waals surface area contributed by atoms with Crippen LogP contribution in [0.15, 0.2) is 36.5 Å². The largest absolute Gasteiger partial charge is 0.456 e. The van der Waals surface area contributed by atoms with E-state index in [4.69, 9.17) is 4.74 Å². The maximum atomic E-state index is 12.3. The molecule has 3 rings (SSSR count). The number of hydrogen-bond acceptors (Lipinski definition) is 5. The minimum Gasteiger partial charge on any atom is -0.456 e. The van der Waals surface area contributed by atoms with Crippen LogP contribution in [0.5, 0.6) is 0 Å². The number of nitrogens with one attached hydrogen (secondary N) is 2. The molecule has 2 aromatic rings. The topological polar surface area (TPSA) is 80.3 Å². The number of anilines is 1. The highest BCUT2D eigenvalue weighted by Gasteiger charge is 2.22. The van der Waals surface area contributed by atoms with Crippen LogP contribution in [0, 0.1) is 6.92 Å². The summed E-state index contributed by atoms with van der Waals surface area (Å²) in [6.07, 6.45) is 3.59. The third kappa shape index (κ3) is 4.95. The molecule has 0 bridgehead atoms. The van der Waals surface area contributed by atoms with Gasteiger partial charge in [-0.1, -0.05) is 12.1 Å². The molecule has 1 aliphatic rings. The van der Waals surface area contributed by atoms with Gasteiger partial charge in [0.05, 0.1) is 11.6 Å². The first-order valence-electron chi connectivity index (χ1n) is 9.57. The lowest BCUT2D eigenvalue weighted by Gasteiger charge is -2.20. The molecule has 1 aliphatic heterocycles. The second-order valence-electron chi connectivity index (χ2n) is 8.10. The van der Waals surface area contributed by atoms with Crippen molar-refractivity contribution in [3.05, 3.63) is 47.7 Å². The lowest BCUT2D eigenvalue weighted by Crippen LogP contribution is -2.35. The first-order valence-corrected chi connectivity index (χ1v) is 9.57. The van der Waals surface area contributed by atoms with E-state index in [0.717, 1.165) is 36.1 Å². The highest BCUT2D eigenvalue weighted by atomic mass is 16.6. The summed E-state index contributed by atoms with van der Waals surface area (Å²) in [6.45, 7) is 8.32. The Labute approximate surface area is 165 Å². The van der Waals surface area contributed by atoms with E-state index in [-0.39, 0.29) is 17.9 Å². The van der Waals surface area contributed by atoms with Gasteiger partial charge in [0.25, 0.3) is 0 Å². The molecule has 2 heterocycles. The zero-order chi connectivity index (χ0) is 20.3. The van der Waals surface area contributed by atoms with Gasteiger partial charge < -0.3 is 15.4 Å². The van der Waals surface area contributed by atoms with Gasteiger partial charge in [-0.3, -0.25) is 4.79 Å². The molecule has 1 fully saturated rings. The van der Waals surface area contributed by atoms with Crippen LogP contribution in [-0.4, -0.2) is 35.0 Å². The summed E-state index contributed by atoms with van der Waals surface area (Å²) in [4.78, 5) is 28.8. The molecular formula is C22H27N3O3. The van der Waals surface area contributed by atoms with Crippen LogP contribution >= 0.6 is 0 Å². The number of hydrogen-bond donors (Lipinski definition) is 2. The smallest absolute Gasteiger partial charge is 0.338 e. The maximum absolute atomic E-state index is 12.3. The van der Waals surface area contributed by atoms with Gasteiger partial charge in [0.1, 0.15) is 11.4 Å². The summed E-state index contributed by atoms with van der Waals surface area (Å²) in [5, 5.41) is 6.02. The molecule has 2 N–H and O–H groups in total. The van der Waals surface area contributed by atoms with Crippen LogP contribution in [0.3, 0.4) is 0 Å². The molecule has 0 spiro atoms. The molecule has 148 valence electrons. The van der Waals surface area contributed by atoms with Gasteiger partial charge in [-0.05, 0) is 76.4 Å². The number of esters is 1. The van der Waals surface area contributed by atoms with Crippen molar-refractivity contribution in [2.75, 3.05) is 11.9 Å². The van der Waals surface area contributed by atoms with Crippen LogP contribution in [0.25, 0.3) is 11.1 Å². The first kappa shape index (κ1) is 20.0. The third-order valence-corrected chi connectivity index (χ3v) is 4.57. The number of ether oxygens (including phenoxy) is 1. The maximum Gasteiger partial charge on any atom is 0.338 e. The first-order chi connectivity index (χ1) is 13.2. The standard InChI is InChI=1S/C22H27N3O3/c1-14-12-15(7-9-17(14)21(27)28-22(2,3)4)16-8-10-19(24-13-16)25-20(26)18-6-5-11-23-18/h7-10,12-13,18,23H,5-6,11H2,1-4H3,(H,24,25,26)/t18-/m1/s1. The molecule has 6 heteroatoms. The number of nitrogens with zero attached hydrogens (tertiary/aromatic N) is 1. The summed E-state index contributed by atoms with van der Waals surface area (Å²) in [6, 6.07) is 9.16. The third-order valence-electron chi connectivity index (χ3n) is 4.57. The van der Waals surface area contributed by atoms with E-state index in [1.54, 1.807) is 18.3 Å². The summed E-state index contributed by atoms with van der Waals surface area (Å²) in [5.41, 5.74) is 2.74. The van der Waals surface area contributed by atoms with Crippen molar-refractivity contribution in [3.8, 4) is 11.1 Å². The average Bonchev–Trinajstić information content (AvgIpc) is 3.15. The Morgan fingerprint density at radius 1 is 1.18 bits per heavy atom. The number of amides is 1. The molecule has 28 heavy (non-hydrogen) atoms. The van der Waals surface area contributed by atoms with E-state index in [0.29, 0.717) is 11.4 Å². The number of carbonyl (C=O) groups excluding carboxylic acids is 2. The average molecular weight is 381 g/mol. The highest BCUT2D eigenvalue weighted by molar-refractivity contribution is 5.94. The summed E-state index contributed by atoms with van der Waals surface area (Å²) in [7, 11) is 0. The second kappa shape index (κ2) is 8.10. The van der Waals surface area contributed by atoms with E-state index in [9.17, 15) is 9.59 Å². The Balaban J connectivity index is 1.70. The molecule has 6 nitrogen and oxygen atoms in total. The van der Waals surface area contributed by atoms with Gasteiger partial charge in [0, 0.05) is 11.8 Å². The minimum atomic E-state index is -0.527. The van der Waals surface area contributed by atoms with Crippen LogP contribution in [0.4, 0.5) is 5.82 Å². The van der Waals surface area contributed by atoms with E-state index in [2.05, 4.69) is 15.6 Å². The van der Waals surface area contributed by atoms with Crippen molar-refractivity contribution < 1.29 is 14.3 Å². The fourth-order valence-corrected chi connectivity index (χ4v) is 3.17. The van der Waals surface area contributed by atoms with Gasteiger partial charge >= 0.3 is 5.97 Å². The SMILES string of the molecule is Cc1cc(-c2ccc(NC(=O)[C@H]3CCCN3)nc2)ccc1C(=O)OC(C)(C)C. The Bertz CT molecular complexity index is 864. The molecule has 1 saturated heterocycles. The van der Waals surface area contributed by atoms with Crippen LogP contribution < -0.4 is 10.6 Å². The van der Waals surface area contributed by atoms with Crippen molar-refractivity contribution in [2.24, 2.45) is 0 Å². The molecule has 1 amide bonds. The second-order valence-corrected chi connectivity index (χ2v) is 8.10. The number of pyridine rings is 1. The lowest BCUT2D eigenvalue weighted by atomic mass is 10.0. The van der Waals surface area contributed by atoms with Crippen molar-refractivity contribution >= 4 is 17.7 Å². The van der Waals surface area contributed by atoms with Gasteiger partial charge in [-0.25, -0.2) is 9.78 Å². The Kier molecular flexibility index (Phi) is 5.79. The van der Waals surface area contributed by atoms with Crippen molar-refractivity contribution in [2.45, 2.75) is 52.2 Å². The number of benzene rings is 1. The molecule has 1 aromatic heterocycles. The molecule has 0 radical (unpaired) electrons. The normalized spacial score (nSPS) is 16.6. The predicted octanol–water partition coefficient (Wildman–Crippen LogP) is 3.70. The van der Waals surface area contributed by atoms with Crippen LogP contribution in [0.2, 0.25) is 0 Å². The van der Waals surface area contributed by atoms with Crippen molar-refractivity contribution in [3.63, 3.8) is 0 Å². The quantitative estimate of drug-likeness (QED) is 0.790. The number of aryl methyl sites for hydroxylation is 1. The molecule has 1 aromatic carbocycles. The zero-order valence-electron chi connectivity index (χ0n) is 16.8. The number of rotatable bonds is 4. The fourth-order valence-electron chi connectivity index (χ4n) is 3.17. The highest BCUT2D eigenvalue weighted by Crippen LogP contribution is 2.24. The summed E-state index contributed by atoms with van der Waals surface area (Å²) < 4.78 is 5.45. The number of aromatic nitrogens is 1. The molecule has 1 atom stereocenters. The zero-order valence-corrected chi connectivity index (χ0v) is 16.8. The molecule has 0 unspecified atom stereocenters. The van der Waals surface area contributed by atoms with Gasteiger partial charge in [-0.2, -0.15) is 0 Å². The Hall–Kier alpha value is -2.73. The molecular weight excluding hydrogens is 354 g/mol. The molecule has 0 saturated carbocycles. The summed E-state index contributed by atoms with van der Waals surface area (Å²) >= 11 is 0. The molecule has 0 aliphatic carbocycles. The monoisotopic (exact) mass is 381 g/mol. The Morgan fingerprint density at radius 2 is 1.93 bits per heavy atom. The van der Waals surface area contributed by atoms with Gasteiger partial charge in [0.2, 0.25) is 5.91 Å². The minimum absolute atomic E-state index is 0.0460. The Morgan fingerprint density at radius 3 is 2.50 bits per heavy atom. The van der Waals surface area contributed by atoms with Crippen molar-refractivity contribution in [1.82, 2.24) is 10.3 Å². The van der Waals surface area contributed by atoms with E-state index >= 15 is 0 Å². The van der Waals surface area contributed by atoms with E-state index < -0.39 is 5.60 Å². The predicted molar refractivity (Wildman–Crippen MR) is 109 cm³/mol. The van der Waals surface area contributed by atoms with E-state index in [1.165, 1.54) is 0 Å². The summed E-state index contributed by atoms with van der Waals surface area (Å²) in [5.74, 6) is 0.160. The van der Waals surface area contributed by atoms with Crippen LogP contribution in [0.1, 0.15) is 49.5 Å². The van der Waals surface area contributed by atoms with Crippen molar-refractivity contribution in [1.29, 1.82) is 0 Å². The lowest BCUT2D eigenvalue weighted by molar-refractivity contribution is -0.117. The number of carbonyl (C=O) groups is 2.